The van der Waals surface area contributed by atoms with E-state index in [1.807, 2.05) is 0 Å². The summed E-state index contributed by atoms with van der Waals surface area (Å²) in [5.74, 6) is -0.927. The van der Waals surface area contributed by atoms with Gasteiger partial charge in [-0.2, -0.15) is 18.3 Å². The number of amides is 1. The Morgan fingerprint density at radius 3 is 2.50 bits per heavy atom. The maximum Gasteiger partial charge on any atom is 0.417 e. The first-order chi connectivity index (χ1) is 17.1. The van der Waals surface area contributed by atoms with Crippen LogP contribution in [0.4, 0.5) is 18.9 Å². The number of halogens is 4. The lowest BCUT2D eigenvalue weighted by molar-refractivity contribution is -0.136. The van der Waals surface area contributed by atoms with Crippen molar-refractivity contribution < 1.29 is 22.8 Å². The molecule has 0 bridgehead atoms. The van der Waals surface area contributed by atoms with Crippen LogP contribution in [-0.4, -0.2) is 26.5 Å². The van der Waals surface area contributed by atoms with Gasteiger partial charge in [0.1, 0.15) is 6.54 Å². The van der Waals surface area contributed by atoms with Crippen molar-refractivity contribution in [2.45, 2.75) is 38.4 Å². The van der Waals surface area contributed by atoms with E-state index in [9.17, 15) is 22.8 Å². The number of aryl methyl sites for hydroxylation is 1. The second-order valence-corrected chi connectivity index (χ2v) is 9.18. The SMILES string of the molecule is Cc1nn(CC(=O)Nc2ccc(Cl)cc2C(=O)c2ccccc2)c2nc(C3CC3)cc(C(F)(F)F)c12. The molecule has 0 unspecified atom stereocenters. The number of hydrogen-bond acceptors (Lipinski definition) is 4. The van der Waals surface area contributed by atoms with Crippen LogP contribution < -0.4 is 5.32 Å². The van der Waals surface area contributed by atoms with Gasteiger partial charge >= 0.3 is 6.18 Å². The van der Waals surface area contributed by atoms with Gasteiger partial charge < -0.3 is 5.32 Å². The Bertz CT molecular complexity index is 1490. The molecule has 1 N–H and O–H groups in total. The molecule has 0 saturated heterocycles. The first-order valence-corrected chi connectivity index (χ1v) is 11.6. The molecule has 0 spiro atoms. The fourth-order valence-corrected chi connectivity index (χ4v) is 4.35. The van der Waals surface area contributed by atoms with E-state index in [0.29, 0.717) is 16.3 Å². The molecule has 4 aromatic rings. The van der Waals surface area contributed by atoms with Crippen LogP contribution in [0, 0.1) is 6.92 Å². The molecule has 5 rings (SSSR count). The number of fused-ring (bicyclic) bond motifs is 1. The number of nitrogens with one attached hydrogen (secondary N) is 1. The Morgan fingerprint density at radius 2 is 1.83 bits per heavy atom. The van der Waals surface area contributed by atoms with Gasteiger partial charge in [-0.15, -0.1) is 0 Å². The lowest BCUT2D eigenvalue weighted by Crippen LogP contribution is -2.21. The molecule has 2 heterocycles. The predicted molar refractivity (Wildman–Crippen MR) is 129 cm³/mol. The Kier molecular flexibility index (Phi) is 6.04. The van der Waals surface area contributed by atoms with Gasteiger partial charge in [0.25, 0.3) is 0 Å². The topological polar surface area (TPSA) is 76.9 Å². The molecule has 0 radical (unpaired) electrons. The first-order valence-electron chi connectivity index (χ1n) is 11.3. The number of nitrogens with zero attached hydrogens (tertiary/aromatic N) is 3. The number of anilines is 1. The molecule has 2 aromatic heterocycles. The molecule has 1 amide bonds. The molecular formula is C26H20ClF3N4O2. The van der Waals surface area contributed by atoms with Crippen molar-refractivity contribution in [3.8, 4) is 0 Å². The number of carbonyl (C=O) groups is 2. The van der Waals surface area contributed by atoms with E-state index in [1.165, 1.54) is 29.8 Å². The summed E-state index contributed by atoms with van der Waals surface area (Å²) in [4.78, 5) is 30.4. The fraction of sp³-hybridized carbons (Fsp3) is 0.231. The van der Waals surface area contributed by atoms with Crippen molar-refractivity contribution in [1.29, 1.82) is 0 Å². The van der Waals surface area contributed by atoms with Crippen LogP contribution in [0.15, 0.2) is 54.6 Å². The van der Waals surface area contributed by atoms with E-state index < -0.39 is 17.6 Å². The van der Waals surface area contributed by atoms with Gasteiger partial charge in [-0.1, -0.05) is 41.9 Å². The Hall–Kier alpha value is -3.72. The Labute approximate surface area is 209 Å². The molecule has 1 aliphatic rings. The van der Waals surface area contributed by atoms with E-state index >= 15 is 0 Å². The summed E-state index contributed by atoms with van der Waals surface area (Å²) in [6.45, 7) is 1.07. The van der Waals surface area contributed by atoms with E-state index in [-0.39, 0.29) is 46.2 Å². The number of hydrogen-bond donors (Lipinski definition) is 1. The molecule has 36 heavy (non-hydrogen) atoms. The van der Waals surface area contributed by atoms with Gasteiger partial charge in [0.05, 0.1) is 22.3 Å². The summed E-state index contributed by atoms with van der Waals surface area (Å²) in [6.07, 6.45) is -3.03. The summed E-state index contributed by atoms with van der Waals surface area (Å²) < 4.78 is 42.7. The molecule has 0 aliphatic heterocycles. The molecule has 1 aliphatic carbocycles. The smallest absolute Gasteiger partial charge is 0.324 e. The van der Waals surface area contributed by atoms with E-state index in [2.05, 4.69) is 15.4 Å². The minimum atomic E-state index is -4.58. The van der Waals surface area contributed by atoms with Crippen LogP contribution >= 0.6 is 11.6 Å². The van der Waals surface area contributed by atoms with Gasteiger partial charge in [0.2, 0.25) is 5.91 Å². The number of carbonyl (C=O) groups excluding carboxylic acids is 2. The zero-order chi connectivity index (χ0) is 25.6. The number of aromatic nitrogens is 3. The largest absolute Gasteiger partial charge is 0.417 e. The van der Waals surface area contributed by atoms with Crippen LogP contribution in [0.1, 0.15) is 51.6 Å². The van der Waals surface area contributed by atoms with Crippen molar-refractivity contribution >= 4 is 40.0 Å². The zero-order valence-corrected chi connectivity index (χ0v) is 19.8. The quantitative estimate of drug-likeness (QED) is 0.314. The van der Waals surface area contributed by atoms with Crippen molar-refractivity contribution in [1.82, 2.24) is 14.8 Å². The normalized spacial score (nSPS) is 13.7. The van der Waals surface area contributed by atoms with E-state index in [0.717, 1.165) is 18.9 Å². The molecule has 1 saturated carbocycles. The van der Waals surface area contributed by atoms with Gasteiger partial charge in [-0.05, 0) is 44.0 Å². The maximum atomic E-state index is 13.8. The first kappa shape index (κ1) is 24.0. The summed E-state index contributed by atoms with van der Waals surface area (Å²) >= 11 is 6.10. The van der Waals surface area contributed by atoms with Crippen molar-refractivity contribution in [3.05, 3.63) is 87.7 Å². The molecule has 2 aromatic carbocycles. The van der Waals surface area contributed by atoms with Crippen molar-refractivity contribution in [2.24, 2.45) is 0 Å². The van der Waals surface area contributed by atoms with Crippen LogP contribution in [0.5, 0.6) is 0 Å². The summed E-state index contributed by atoms with van der Waals surface area (Å²) in [5.41, 5.74) is 0.533. The Balaban J connectivity index is 1.47. The minimum Gasteiger partial charge on any atom is -0.324 e. The summed E-state index contributed by atoms with van der Waals surface area (Å²) in [5, 5.41) is 7.06. The van der Waals surface area contributed by atoms with Gasteiger partial charge in [-0.3, -0.25) is 9.59 Å². The molecule has 0 atom stereocenters. The highest BCUT2D eigenvalue weighted by molar-refractivity contribution is 6.31. The predicted octanol–water partition coefficient (Wildman–Crippen LogP) is 6.16. The average molecular weight is 513 g/mol. The molecule has 1 fully saturated rings. The molecule has 6 nitrogen and oxygen atoms in total. The Morgan fingerprint density at radius 1 is 1.11 bits per heavy atom. The third kappa shape index (κ3) is 4.70. The second-order valence-electron chi connectivity index (χ2n) is 8.74. The van der Waals surface area contributed by atoms with Crippen LogP contribution in [-0.2, 0) is 17.5 Å². The standard InChI is InChI=1S/C26H20ClF3N4O2/c1-14-23-19(26(28,29)30)12-21(15-7-8-15)32-25(23)34(33-14)13-22(35)31-20-10-9-17(27)11-18(20)24(36)16-5-3-2-4-6-16/h2-6,9-12,15H,7-8,13H2,1H3,(H,31,35). The molecular weight excluding hydrogens is 493 g/mol. The van der Waals surface area contributed by atoms with Gasteiger partial charge in [0, 0.05) is 27.8 Å². The second kappa shape index (κ2) is 9.05. The summed E-state index contributed by atoms with van der Waals surface area (Å²) in [6, 6.07) is 14.1. The fourth-order valence-electron chi connectivity index (χ4n) is 4.18. The number of benzene rings is 2. The monoisotopic (exact) mass is 512 g/mol. The maximum absolute atomic E-state index is 13.8. The van der Waals surface area contributed by atoms with Gasteiger partial charge in [0.15, 0.2) is 11.4 Å². The third-order valence-electron chi connectivity index (χ3n) is 6.03. The number of rotatable bonds is 6. The minimum absolute atomic E-state index is 0.0102. The van der Waals surface area contributed by atoms with Crippen molar-refractivity contribution in [3.63, 3.8) is 0 Å². The van der Waals surface area contributed by atoms with Crippen LogP contribution in [0.3, 0.4) is 0 Å². The van der Waals surface area contributed by atoms with Gasteiger partial charge in [-0.25, -0.2) is 9.67 Å². The highest BCUT2D eigenvalue weighted by Gasteiger charge is 2.37. The number of ketones is 1. The lowest BCUT2D eigenvalue weighted by atomic mass is 10.0. The summed E-state index contributed by atoms with van der Waals surface area (Å²) in [7, 11) is 0. The number of alkyl halides is 3. The van der Waals surface area contributed by atoms with E-state index in [1.54, 1.807) is 30.3 Å². The number of pyridine rings is 1. The third-order valence-corrected chi connectivity index (χ3v) is 6.26. The highest BCUT2D eigenvalue weighted by atomic mass is 35.5. The zero-order valence-electron chi connectivity index (χ0n) is 19.1. The molecule has 184 valence electrons. The average Bonchev–Trinajstić information content (AvgIpc) is 3.64. The van der Waals surface area contributed by atoms with Crippen LogP contribution in [0.2, 0.25) is 5.02 Å². The van der Waals surface area contributed by atoms with Crippen LogP contribution in [0.25, 0.3) is 11.0 Å². The molecule has 10 heteroatoms. The highest BCUT2D eigenvalue weighted by Crippen LogP contribution is 2.43. The lowest BCUT2D eigenvalue weighted by Gasteiger charge is -2.13. The van der Waals surface area contributed by atoms with Crippen molar-refractivity contribution in [2.75, 3.05) is 5.32 Å². The van der Waals surface area contributed by atoms with E-state index in [4.69, 9.17) is 11.6 Å².